The molecule has 0 spiro atoms. The minimum Gasteiger partial charge on any atom is -0.497 e. The molecule has 2 aliphatic rings. The van der Waals surface area contributed by atoms with Gasteiger partial charge in [-0.3, -0.25) is 9.59 Å². The Morgan fingerprint density at radius 3 is 2.32 bits per heavy atom. The number of methoxy groups -OCH3 is 1. The Balaban J connectivity index is 1.35. The standard InChI is InChI=1S/C23H34N2O3/c1-28-21-9-5-6-17(16-21)14-15-24-22(26)18-10-12-19(13-11-18)23(27)25-20-7-3-2-4-8-20/h5-6,9,16,18-20H,2-4,7-8,10-15H2,1H3,(H,24,26)(H,25,27). The van der Waals surface area contributed by atoms with Crippen LogP contribution in [0, 0.1) is 11.8 Å². The molecule has 0 atom stereocenters. The van der Waals surface area contributed by atoms with Gasteiger partial charge in [0.25, 0.3) is 0 Å². The predicted octanol–water partition coefficient (Wildman–Crippen LogP) is 3.61. The van der Waals surface area contributed by atoms with Crippen LogP contribution in [0.3, 0.4) is 0 Å². The molecule has 1 aromatic carbocycles. The van der Waals surface area contributed by atoms with Gasteiger partial charge in [0.15, 0.2) is 0 Å². The lowest BCUT2D eigenvalue weighted by Gasteiger charge is -2.29. The van der Waals surface area contributed by atoms with E-state index in [-0.39, 0.29) is 23.7 Å². The molecule has 5 nitrogen and oxygen atoms in total. The number of rotatable bonds is 7. The fourth-order valence-electron chi connectivity index (χ4n) is 4.49. The summed E-state index contributed by atoms with van der Waals surface area (Å²) in [7, 11) is 1.66. The number of hydrogen-bond donors (Lipinski definition) is 2. The van der Waals surface area contributed by atoms with Crippen molar-refractivity contribution in [3.8, 4) is 5.75 Å². The van der Waals surface area contributed by atoms with E-state index in [4.69, 9.17) is 4.74 Å². The van der Waals surface area contributed by atoms with Crippen LogP contribution in [0.4, 0.5) is 0 Å². The normalized spacial score (nSPS) is 23.0. The van der Waals surface area contributed by atoms with Crippen LogP contribution < -0.4 is 15.4 Å². The summed E-state index contributed by atoms with van der Waals surface area (Å²) >= 11 is 0. The summed E-state index contributed by atoms with van der Waals surface area (Å²) in [6.07, 6.45) is 10.1. The van der Waals surface area contributed by atoms with Crippen molar-refractivity contribution in [2.24, 2.45) is 11.8 Å². The summed E-state index contributed by atoms with van der Waals surface area (Å²) in [6.45, 7) is 0.633. The molecule has 3 rings (SSSR count). The maximum atomic E-state index is 12.5. The third-order valence-corrected chi connectivity index (χ3v) is 6.27. The van der Waals surface area contributed by atoms with E-state index in [1.165, 1.54) is 19.3 Å². The number of ether oxygens (including phenoxy) is 1. The van der Waals surface area contributed by atoms with Gasteiger partial charge in [-0.15, -0.1) is 0 Å². The highest BCUT2D eigenvalue weighted by Gasteiger charge is 2.30. The second kappa shape index (κ2) is 10.5. The molecule has 0 aromatic heterocycles. The quantitative estimate of drug-likeness (QED) is 0.752. The summed E-state index contributed by atoms with van der Waals surface area (Å²) < 4.78 is 5.23. The van der Waals surface area contributed by atoms with E-state index in [2.05, 4.69) is 10.6 Å². The topological polar surface area (TPSA) is 67.4 Å². The lowest BCUT2D eigenvalue weighted by molar-refractivity contribution is -0.131. The van der Waals surface area contributed by atoms with Crippen LogP contribution in [-0.2, 0) is 16.0 Å². The van der Waals surface area contributed by atoms with Gasteiger partial charge >= 0.3 is 0 Å². The first kappa shape index (κ1) is 20.7. The maximum Gasteiger partial charge on any atom is 0.223 e. The van der Waals surface area contributed by atoms with Crippen molar-refractivity contribution in [2.45, 2.75) is 70.3 Å². The van der Waals surface area contributed by atoms with Crippen molar-refractivity contribution in [3.05, 3.63) is 29.8 Å². The monoisotopic (exact) mass is 386 g/mol. The van der Waals surface area contributed by atoms with Crippen molar-refractivity contribution >= 4 is 11.8 Å². The SMILES string of the molecule is COc1cccc(CCNC(=O)C2CCC(C(=O)NC3CCCCC3)CC2)c1. The van der Waals surface area contributed by atoms with Gasteiger partial charge in [0, 0.05) is 24.4 Å². The highest BCUT2D eigenvalue weighted by Crippen LogP contribution is 2.29. The largest absolute Gasteiger partial charge is 0.497 e. The van der Waals surface area contributed by atoms with Crippen molar-refractivity contribution in [1.82, 2.24) is 10.6 Å². The van der Waals surface area contributed by atoms with Gasteiger partial charge in [-0.25, -0.2) is 0 Å². The van der Waals surface area contributed by atoms with Gasteiger partial charge in [0.1, 0.15) is 5.75 Å². The average molecular weight is 387 g/mol. The molecule has 5 heteroatoms. The Kier molecular flexibility index (Phi) is 7.75. The molecule has 2 amide bonds. The summed E-state index contributed by atoms with van der Waals surface area (Å²) in [5.41, 5.74) is 1.16. The summed E-state index contributed by atoms with van der Waals surface area (Å²) in [6, 6.07) is 8.31. The number of carbonyl (C=O) groups is 2. The highest BCUT2D eigenvalue weighted by atomic mass is 16.5. The minimum absolute atomic E-state index is 0.0454. The number of amides is 2. The molecule has 2 aliphatic carbocycles. The Morgan fingerprint density at radius 2 is 1.64 bits per heavy atom. The van der Waals surface area contributed by atoms with Crippen molar-refractivity contribution in [3.63, 3.8) is 0 Å². The zero-order valence-electron chi connectivity index (χ0n) is 17.0. The fraction of sp³-hybridized carbons (Fsp3) is 0.652. The van der Waals surface area contributed by atoms with Crippen LogP contribution in [0.15, 0.2) is 24.3 Å². The first-order valence-corrected chi connectivity index (χ1v) is 10.9. The number of nitrogens with one attached hydrogen (secondary N) is 2. The zero-order chi connectivity index (χ0) is 19.8. The fourth-order valence-corrected chi connectivity index (χ4v) is 4.49. The summed E-state index contributed by atoms with van der Waals surface area (Å²) in [5.74, 6) is 1.32. The van der Waals surface area contributed by atoms with E-state index in [9.17, 15) is 9.59 Å². The van der Waals surface area contributed by atoms with E-state index < -0.39 is 0 Å². The van der Waals surface area contributed by atoms with Crippen LogP contribution in [0.25, 0.3) is 0 Å². The van der Waals surface area contributed by atoms with Gasteiger partial charge in [-0.2, -0.15) is 0 Å². The van der Waals surface area contributed by atoms with Crippen molar-refractivity contribution < 1.29 is 14.3 Å². The molecule has 0 heterocycles. The van der Waals surface area contributed by atoms with Crippen LogP contribution in [0.5, 0.6) is 5.75 Å². The van der Waals surface area contributed by atoms with Crippen LogP contribution >= 0.6 is 0 Å². The molecule has 1 aromatic rings. The second-order valence-corrected chi connectivity index (χ2v) is 8.28. The van der Waals surface area contributed by atoms with Gasteiger partial charge in [0.05, 0.1) is 7.11 Å². The number of benzene rings is 1. The molecule has 0 aliphatic heterocycles. The molecule has 0 bridgehead atoms. The van der Waals surface area contributed by atoms with Gasteiger partial charge < -0.3 is 15.4 Å². The first-order chi connectivity index (χ1) is 13.7. The Labute approximate surface area is 168 Å². The molecule has 0 saturated heterocycles. The van der Waals surface area contributed by atoms with E-state index >= 15 is 0 Å². The van der Waals surface area contributed by atoms with Crippen molar-refractivity contribution in [1.29, 1.82) is 0 Å². The van der Waals surface area contributed by atoms with Crippen LogP contribution in [0.2, 0.25) is 0 Å². The third kappa shape index (κ3) is 5.98. The second-order valence-electron chi connectivity index (χ2n) is 8.28. The van der Waals surface area contributed by atoms with Crippen LogP contribution in [0.1, 0.15) is 63.4 Å². The molecule has 2 saturated carbocycles. The van der Waals surface area contributed by atoms with Crippen LogP contribution in [-0.4, -0.2) is 31.5 Å². The van der Waals surface area contributed by atoms with Gasteiger partial charge in [-0.05, 0) is 62.6 Å². The number of carbonyl (C=O) groups excluding carboxylic acids is 2. The lowest BCUT2D eigenvalue weighted by atomic mass is 9.81. The zero-order valence-corrected chi connectivity index (χ0v) is 17.0. The highest BCUT2D eigenvalue weighted by molar-refractivity contribution is 5.81. The molecule has 0 radical (unpaired) electrons. The molecule has 154 valence electrons. The van der Waals surface area contributed by atoms with Crippen molar-refractivity contribution in [2.75, 3.05) is 13.7 Å². The van der Waals surface area contributed by atoms with Gasteiger partial charge in [-0.1, -0.05) is 31.4 Å². The average Bonchev–Trinajstić information content (AvgIpc) is 2.74. The Bertz CT molecular complexity index is 647. The van der Waals surface area contributed by atoms with E-state index in [0.29, 0.717) is 12.6 Å². The molecule has 2 fully saturated rings. The van der Waals surface area contributed by atoms with E-state index in [1.54, 1.807) is 7.11 Å². The Morgan fingerprint density at radius 1 is 0.964 bits per heavy atom. The molecular weight excluding hydrogens is 352 g/mol. The summed E-state index contributed by atoms with van der Waals surface area (Å²) in [4.78, 5) is 25.0. The molecular formula is C23H34N2O3. The van der Waals surface area contributed by atoms with E-state index in [1.807, 2.05) is 24.3 Å². The maximum absolute atomic E-state index is 12.5. The molecule has 0 unspecified atom stereocenters. The molecule has 28 heavy (non-hydrogen) atoms. The third-order valence-electron chi connectivity index (χ3n) is 6.27. The summed E-state index contributed by atoms with van der Waals surface area (Å²) in [5, 5.41) is 6.31. The van der Waals surface area contributed by atoms with Gasteiger partial charge in [0.2, 0.25) is 11.8 Å². The predicted molar refractivity (Wildman–Crippen MR) is 110 cm³/mol. The van der Waals surface area contributed by atoms with E-state index in [0.717, 1.165) is 56.3 Å². The smallest absolute Gasteiger partial charge is 0.223 e. The first-order valence-electron chi connectivity index (χ1n) is 10.9. The Hall–Kier alpha value is -2.04. The lowest BCUT2D eigenvalue weighted by Crippen LogP contribution is -2.42. The number of hydrogen-bond acceptors (Lipinski definition) is 3. The minimum atomic E-state index is 0.0454. The molecule has 2 N–H and O–H groups in total.